The quantitative estimate of drug-likeness (QED) is 0.671. The molecule has 0 heterocycles. The molecule has 1 fully saturated rings. The molecule has 0 aliphatic heterocycles. The largest absolute Gasteiger partial charge is 0.490 e. The lowest BCUT2D eigenvalue weighted by molar-refractivity contribution is -0.192. The van der Waals surface area contributed by atoms with Gasteiger partial charge in [-0.25, -0.2) is 4.79 Å². The molecule has 0 amide bonds. The SMILES string of the molecule is CNC1CCC1.O=C(O)C(F)(F)F. The number of hydrogen-bond acceptors (Lipinski definition) is 2. The van der Waals surface area contributed by atoms with Crippen LogP contribution in [0.25, 0.3) is 0 Å². The zero-order chi connectivity index (χ0) is 10.5. The van der Waals surface area contributed by atoms with Crippen LogP contribution in [0, 0.1) is 0 Å². The van der Waals surface area contributed by atoms with E-state index in [9.17, 15) is 13.2 Å². The molecule has 3 nitrogen and oxygen atoms in total. The van der Waals surface area contributed by atoms with Gasteiger partial charge in [0.15, 0.2) is 0 Å². The summed E-state index contributed by atoms with van der Waals surface area (Å²) in [6.45, 7) is 0. The van der Waals surface area contributed by atoms with Crippen LogP contribution in [0.1, 0.15) is 19.3 Å². The van der Waals surface area contributed by atoms with E-state index in [1.54, 1.807) is 0 Å². The Kier molecular flexibility index (Phi) is 4.76. The second kappa shape index (κ2) is 5.06. The van der Waals surface area contributed by atoms with Crippen molar-refractivity contribution in [3.05, 3.63) is 0 Å². The summed E-state index contributed by atoms with van der Waals surface area (Å²) in [7, 11) is 2.03. The monoisotopic (exact) mass is 199 g/mol. The molecular weight excluding hydrogens is 187 g/mol. The van der Waals surface area contributed by atoms with Crippen molar-refractivity contribution < 1.29 is 23.1 Å². The Labute approximate surface area is 73.9 Å². The summed E-state index contributed by atoms with van der Waals surface area (Å²) in [5, 5.41) is 10.3. The van der Waals surface area contributed by atoms with Crippen LogP contribution in [0.2, 0.25) is 0 Å². The highest BCUT2D eigenvalue weighted by Gasteiger charge is 2.38. The van der Waals surface area contributed by atoms with Crippen LogP contribution in [0.3, 0.4) is 0 Å². The van der Waals surface area contributed by atoms with Crippen LogP contribution in [-0.4, -0.2) is 30.3 Å². The third-order valence-electron chi connectivity index (χ3n) is 1.76. The van der Waals surface area contributed by atoms with Crippen molar-refractivity contribution in [3.63, 3.8) is 0 Å². The minimum atomic E-state index is -5.08. The third kappa shape index (κ3) is 5.46. The lowest BCUT2D eigenvalue weighted by Crippen LogP contribution is -2.31. The Balaban J connectivity index is 0.000000223. The van der Waals surface area contributed by atoms with Gasteiger partial charge in [0.25, 0.3) is 0 Å². The van der Waals surface area contributed by atoms with Gasteiger partial charge in [-0.2, -0.15) is 13.2 Å². The predicted octanol–water partition coefficient (Wildman–Crippen LogP) is 1.39. The van der Waals surface area contributed by atoms with Crippen molar-refractivity contribution in [1.29, 1.82) is 0 Å². The van der Waals surface area contributed by atoms with Gasteiger partial charge >= 0.3 is 12.1 Å². The molecule has 78 valence electrons. The molecule has 0 aromatic rings. The maximum absolute atomic E-state index is 10.6. The van der Waals surface area contributed by atoms with Gasteiger partial charge < -0.3 is 10.4 Å². The zero-order valence-corrected chi connectivity index (χ0v) is 7.19. The smallest absolute Gasteiger partial charge is 0.475 e. The van der Waals surface area contributed by atoms with Gasteiger partial charge in [0.1, 0.15) is 0 Å². The number of carboxylic acids is 1. The maximum atomic E-state index is 10.6. The van der Waals surface area contributed by atoms with Crippen molar-refractivity contribution in [3.8, 4) is 0 Å². The lowest BCUT2D eigenvalue weighted by Gasteiger charge is -2.23. The highest BCUT2D eigenvalue weighted by atomic mass is 19.4. The Morgan fingerprint density at radius 2 is 1.85 bits per heavy atom. The standard InChI is InChI=1S/C5H11N.C2HF3O2/c1-6-5-3-2-4-5;3-2(4,5)1(6)7/h5-6H,2-4H2,1H3;(H,6,7). The molecular formula is C7H12F3NO2. The van der Waals surface area contributed by atoms with Gasteiger partial charge in [0.05, 0.1) is 0 Å². The minimum absolute atomic E-state index is 0.866. The van der Waals surface area contributed by atoms with Gasteiger partial charge in [0, 0.05) is 6.04 Å². The number of alkyl halides is 3. The fourth-order valence-corrected chi connectivity index (χ4v) is 0.697. The van der Waals surface area contributed by atoms with Crippen molar-refractivity contribution in [2.75, 3.05) is 7.05 Å². The average molecular weight is 199 g/mol. The lowest BCUT2D eigenvalue weighted by atomic mass is 9.94. The Hall–Kier alpha value is -0.780. The molecule has 0 aromatic heterocycles. The molecule has 1 aliphatic carbocycles. The molecule has 6 heteroatoms. The molecule has 0 radical (unpaired) electrons. The molecule has 0 aromatic carbocycles. The fourth-order valence-electron chi connectivity index (χ4n) is 0.697. The molecule has 0 bridgehead atoms. The van der Waals surface area contributed by atoms with Gasteiger partial charge in [-0.1, -0.05) is 6.42 Å². The van der Waals surface area contributed by atoms with Gasteiger partial charge in [-0.3, -0.25) is 0 Å². The second-order valence-electron chi connectivity index (χ2n) is 2.72. The number of nitrogens with one attached hydrogen (secondary N) is 1. The van der Waals surface area contributed by atoms with E-state index in [4.69, 9.17) is 9.90 Å². The van der Waals surface area contributed by atoms with Crippen LogP contribution in [0.5, 0.6) is 0 Å². The van der Waals surface area contributed by atoms with Crippen molar-refractivity contribution in [2.45, 2.75) is 31.5 Å². The normalized spacial score (nSPS) is 16.9. The van der Waals surface area contributed by atoms with E-state index in [1.165, 1.54) is 19.3 Å². The number of carboxylic acid groups (broad SMARTS) is 1. The first kappa shape index (κ1) is 12.2. The summed E-state index contributed by atoms with van der Waals surface area (Å²) in [4.78, 5) is 8.90. The number of hydrogen-bond donors (Lipinski definition) is 2. The summed E-state index contributed by atoms with van der Waals surface area (Å²) in [6, 6.07) is 0.866. The van der Waals surface area contributed by atoms with Crippen LogP contribution in [0.15, 0.2) is 0 Å². The zero-order valence-electron chi connectivity index (χ0n) is 7.19. The Morgan fingerprint density at radius 3 is 1.85 bits per heavy atom. The molecule has 0 atom stereocenters. The summed E-state index contributed by atoms with van der Waals surface area (Å²) in [5.74, 6) is -2.76. The van der Waals surface area contributed by atoms with Crippen molar-refractivity contribution in [2.24, 2.45) is 0 Å². The molecule has 0 saturated heterocycles. The Bertz CT molecular complexity index is 163. The van der Waals surface area contributed by atoms with Crippen LogP contribution < -0.4 is 5.32 Å². The molecule has 0 unspecified atom stereocenters. The number of carbonyl (C=O) groups is 1. The molecule has 1 saturated carbocycles. The first-order valence-corrected chi connectivity index (χ1v) is 3.85. The van der Waals surface area contributed by atoms with E-state index in [0.29, 0.717) is 0 Å². The van der Waals surface area contributed by atoms with Crippen molar-refractivity contribution >= 4 is 5.97 Å². The highest BCUT2D eigenvalue weighted by Crippen LogP contribution is 2.16. The summed E-state index contributed by atoms with van der Waals surface area (Å²) in [6.07, 6.45) is -0.849. The summed E-state index contributed by atoms with van der Waals surface area (Å²) < 4.78 is 31.7. The number of halogens is 3. The van der Waals surface area contributed by atoms with E-state index < -0.39 is 12.1 Å². The van der Waals surface area contributed by atoms with E-state index in [0.717, 1.165) is 6.04 Å². The number of rotatable bonds is 1. The Morgan fingerprint density at radius 1 is 1.46 bits per heavy atom. The van der Waals surface area contributed by atoms with Crippen molar-refractivity contribution in [1.82, 2.24) is 5.32 Å². The number of aliphatic carboxylic acids is 1. The van der Waals surface area contributed by atoms with E-state index in [2.05, 4.69) is 5.32 Å². The second-order valence-corrected chi connectivity index (χ2v) is 2.72. The first-order valence-electron chi connectivity index (χ1n) is 3.85. The molecule has 0 spiro atoms. The van der Waals surface area contributed by atoms with Crippen LogP contribution >= 0.6 is 0 Å². The highest BCUT2D eigenvalue weighted by molar-refractivity contribution is 5.73. The average Bonchev–Trinajstić information content (AvgIpc) is 1.83. The van der Waals surface area contributed by atoms with E-state index in [1.807, 2.05) is 7.05 Å². The molecule has 13 heavy (non-hydrogen) atoms. The summed E-state index contributed by atoms with van der Waals surface area (Å²) in [5.41, 5.74) is 0. The maximum Gasteiger partial charge on any atom is 0.490 e. The van der Waals surface area contributed by atoms with Crippen LogP contribution in [0.4, 0.5) is 13.2 Å². The third-order valence-corrected chi connectivity index (χ3v) is 1.76. The first-order chi connectivity index (χ1) is 5.88. The summed E-state index contributed by atoms with van der Waals surface area (Å²) >= 11 is 0. The fraction of sp³-hybridized carbons (Fsp3) is 0.857. The molecule has 2 N–H and O–H groups in total. The topological polar surface area (TPSA) is 49.3 Å². The van der Waals surface area contributed by atoms with Gasteiger partial charge in [-0.15, -0.1) is 0 Å². The van der Waals surface area contributed by atoms with E-state index in [-0.39, 0.29) is 0 Å². The van der Waals surface area contributed by atoms with Crippen LogP contribution in [-0.2, 0) is 4.79 Å². The van der Waals surface area contributed by atoms with E-state index >= 15 is 0 Å². The predicted molar refractivity (Wildman–Crippen MR) is 40.4 cm³/mol. The van der Waals surface area contributed by atoms with Gasteiger partial charge in [0.2, 0.25) is 0 Å². The molecule has 1 rings (SSSR count). The van der Waals surface area contributed by atoms with Gasteiger partial charge in [-0.05, 0) is 19.9 Å². The molecule has 1 aliphatic rings. The minimum Gasteiger partial charge on any atom is -0.475 e.